The number of aromatic nitrogens is 4. The number of benzene rings is 6. The molecule has 0 aliphatic rings. The van der Waals surface area contributed by atoms with Gasteiger partial charge in [0, 0.05) is 21.9 Å². The zero-order chi connectivity index (χ0) is 31.0. The molecule has 8 aromatic rings. The van der Waals surface area contributed by atoms with Crippen molar-refractivity contribution in [1.82, 2.24) is 19.5 Å². The van der Waals surface area contributed by atoms with E-state index < -0.39 is 0 Å². The van der Waals surface area contributed by atoms with Crippen LogP contribution in [0.2, 0.25) is 0 Å². The first kappa shape index (κ1) is 31.0. The van der Waals surface area contributed by atoms with Crippen LogP contribution in [0.4, 0.5) is 0 Å². The predicted molar refractivity (Wildman–Crippen MR) is 192 cm³/mol. The van der Waals surface area contributed by atoms with Crippen LogP contribution < -0.4 is 5.57 Å². The molecule has 0 fully saturated rings. The Morgan fingerprint density at radius 1 is 0.617 bits per heavy atom. The van der Waals surface area contributed by atoms with Gasteiger partial charge in [-0.05, 0) is 39.4 Å². The van der Waals surface area contributed by atoms with Crippen LogP contribution in [0, 0.1) is 50.2 Å². The Balaban J connectivity index is 0.00000351. The summed E-state index contributed by atoms with van der Waals surface area (Å²) in [7, 11) is 0.721. The Morgan fingerprint density at radius 2 is 1.36 bits per heavy atom. The van der Waals surface area contributed by atoms with Crippen LogP contribution in [0.1, 0.15) is 5.56 Å². The largest absolute Gasteiger partial charge is 2.00 e. The molecule has 4 nitrogen and oxygen atoms in total. The summed E-state index contributed by atoms with van der Waals surface area (Å²) >= 11 is 0. The molecule has 0 N–H and O–H groups in total. The van der Waals surface area contributed by atoms with Crippen LogP contribution in [0.3, 0.4) is 0 Å². The number of rotatable bonds is 6. The van der Waals surface area contributed by atoms with Crippen molar-refractivity contribution in [1.29, 1.82) is 0 Å². The van der Waals surface area contributed by atoms with Crippen LogP contribution in [0.15, 0.2) is 133 Å². The first-order valence-electron chi connectivity index (χ1n) is 15.1. The molecule has 0 radical (unpaired) electrons. The molecule has 0 atom stereocenters. The number of hydrogen-bond donors (Lipinski definition) is 0. The first-order chi connectivity index (χ1) is 22.7. The van der Waals surface area contributed by atoms with Crippen molar-refractivity contribution < 1.29 is 31.1 Å². The minimum absolute atomic E-state index is 0. The standard InChI is InChI=1S/C41H27N4P.U/c1-27-20-22-37-34(24-27)33-18-9-10-19-36(33)45(37)38-23-21-32(31-17-11-16-30(25-31)28-12-5-3-6-13-28)26-35(38)40-42-39(43-41(44-40)46-2)29-14-7-4-8-15-29;/h3-12,14-24,26H,2H2,1H3;/q-2;+2. The van der Waals surface area contributed by atoms with E-state index in [9.17, 15) is 0 Å². The van der Waals surface area contributed by atoms with E-state index in [2.05, 4.69) is 115 Å². The smallest absolute Gasteiger partial charge is 0.309 e. The zero-order valence-electron chi connectivity index (χ0n) is 25.6. The van der Waals surface area contributed by atoms with E-state index in [1.54, 1.807) is 0 Å². The topological polar surface area (TPSA) is 43.6 Å². The van der Waals surface area contributed by atoms with Gasteiger partial charge < -0.3 is 4.57 Å². The van der Waals surface area contributed by atoms with Gasteiger partial charge in [0.05, 0.1) is 16.7 Å². The molecule has 0 bridgehead atoms. The molecule has 220 valence electrons. The monoisotopic (exact) mass is 844 g/mol. The van der Waals surface area contributed by atoms with Gasteiger partial charge in [0.25, 0.3) is 0 Å². The Kier molecular flexibility index (Phi) is 8.72. The average molecular weight is 845 g/mol. The van der Waals surface area contributed by atoms with Crippen LogP contribution in [-0.2, 0) is 0 Å². The van der Waals surface area contributed by atoms with Gasteiger partial charge in [0.2, 0.25) is 0 Å². The number of hydrogen-bond acceptors (Lipinski definition) is 3. The first-order valence-corrected chi connectivity index (χ1v) is 16.2. The molecule has 0 aliphatic carbocycles. The SMILES string of the molecule is C=Pc1nc(-c2ccccc2)nc(-c2cc(-c3[c-]c(-c4[c-]cccc4)ccc3)ccc2-n2c3ccccc3c3cc(C)ccc32)n1.[U+2]. The molecule has 8 rings (SSSR count). The third kappa shape index (κ3) is 5.88. The number of para-hydroxylation sites is 1. The van der Waals surface area contributed by atoms with Crippen molar-refractivity contribution in [2.45, 2.75) is 6.92 Å². The molecule has 47 heavy (non-hydrogen) atoms. The molecule has 0 saturated heterocycles. The Hall–Kier alpha value is -4.65. The second kappa shape index (κ2) is 13.2. The summed E-state index contributed by atoms with van der Waals surface area (Å²) in [6.07, 6.45) is 4.10. The maximum absolute atomic E-state index is 5.08. The van der Waals surface area contributed by atoms with Crippen LogP contribution in [0.25, 0.3) is 72.5 Å². The van der Waals surface area contributed by atoms with Gasteiger partial charge in [-0.15, -0.1) is 23.8 Å². The van der Waals surface area contributed by atoms with E-state index in [4.69, 9.17) is 15.0 Å². The summed E-state index contributed by atoms with van der Waals surface area (Å²) in [5, 5.41) is 2.41. The molecule has 0 saturated carbocycles. The second-order valence-corrected chi connectivity index (χ2v) is 11.9. The minimum atomic E-state index is 0. The number of aryl methyl sites for hydroxylation is 1. The molecule has 0 amide bonds. The quantitative estimate of drug-likeness (QED) is 0.124. The number of fused-ring (bicyclic) bond motifs is 3. The molecule has 0 spiro atoms. The molecule has 0 unspecified atom stereocenters. The van der Waals surface area contributed by atoms with Crippen molar-refractivity contribution in [3.05, 3.63) is 151 Å². The predicted octanol–water partition coefficient (Wildman–Crippen LogP) is 9.55. The Labute approximate surface area is 299 Å². The Morgan fingerprint density at radius 3 is 2.19 bits per heavy atom. The third-order valence-electron chi connectivity index (χ3n) is 8.21. The molecule has 0 aliphatic heterocycles. The van der Waals surface area contributed by atoms with Crippen molar-refractivity contribution in [3.8, 4) is 50.7 Å². The van der Waals surface area contributed by atoms with E-state index in [1.165, 1.54) is 16.3 Å². The normalized spacial score (nSPS) is 11.2. The van der Waals surface area contributed by atoms with Gasteiger partial charge in [0.1, 0.15) is 0 Å². The summed E-state index contributed by atoms with van der Waals surface area (Å²) < 4.78 is 2.33. The Bertz CT molecular complexity index is 2400. The molecule has 6 heteroatoms. The van der Waals surface area contributed by atoms with Crippen LogP contribution in [0.5, 0.6) is 0 Å². The summed E-state index contributed by atoms with van der Waals surface area (Å²) in [5.74, 6) is 1.22. The summed E-state index contributed by atoms with van der Waals surface area (Å²) in [6, 6.07) is 53.0. The molecule has 6 aromatic carbocycles. The second-order valence-electron chi connectivity index (χ2n) is 11.2. The maximum atomic E-state index is 5.08. The minimum Gasteiger partial charge on any atom is -0.309 e. The number of nitrogens with zero attached hydrogens (tertiary/aromatic N) is 4. The molecular weight excluding hydrogens is 817 g/mol. The third-order valence-corrected chi connectivity index (χ3v) is 8.69. The van der Waals surface area contributed by atoms with Gasteiger partial charge in [0.15, 0.2) is 17.2 Å². The van der Waals surface area contributed by atoms with Crippen molar-refractivity contribution in [3.63, 3.8) is 0 Å². The van der Waals surface area contributed by atoms with Gasteiger partial charge in [-0.1, -0.05) is 84.2 Å². The summed E-state index contributed by atoms with van der Waals surface area (Å²) in [5.41, 5.74) is 10.9. The van der Waals surface area contributed by atoms with Crippen molar-refractivity contribution >= 4 is 41.9 Å². The fraction of sp³-hybridized carbons (Fsp3) is 0.0244. The molecular formula is C41H27N4PU. The van der Waals surface area contributed by atoms with Gasteiger partial charge in [-0.2, -0.15) is 42.0 Å². The maximum Gasteiger partial charge on any atom is 2.00 e. The zero-order valence-corrected chi connectivity index (χ0v) is 30.7. The van der Waals surface area contributed by atoms with Gasteiger partial charge >= 0.3 is 31.1 Å². The van der Waals surface area contributed by atoms with Gasteiger partial charge in [-0.3, -0.25) is 0 Å². The van der Waals surface area contributed by atoms with Crippen LogP contribution in [-0.4, -0.2) is 25.8 Å². The fourth-order valence-corrected chi connectivity index (χ4v) is 6.38. The van der Waals surface area contributed by atoms with Crippen molar-refractivity contribution in [2.24, 2.45) is 0 Å². The summed E-state index contributed by atoms with van der Waals surface area (Å²) in [6.45, 7) is 2.14. The van der Waals surface area contributed by atoms with E-state index >= 15 is 0 Å². The van der Waals surface area contributed by atoms with Crippen LogP contribution >= 0.6 is 8.20 Å². The summed E-state index contributed by atoms with van der Waals surface area (Å²) in [4.78, 5) is 14.8. The molecule has 2 aromatic heterocycles. The molecule has 2 heterocycles. The van der Waals surface area contributed by atoms with Crippen molar-refractivity contribution in [2.75, 3.05) is 0 Å². The van der Waals surface area contributed by atoms with E-state index in [0.29, 0.717) is 17.2 Å². The van der Waals surface area contributed by atoms with E-state index in [-0.39, 0.29) is 31.1 Å². The average Bonchev–Trinajstić information content (AvgIpc) is 3.45. The van der Waals surface area contributed by atoms with E-state index in [1.807, 2.05) is 48.5 Å². The van der Waals surface area contributed by atoms with Gasteiger partial charge in [-0.25, -0.2) is 20.5 Å². The van der Waals surface area contributed by atoms with E-state index in [0.717, 1.165) is 58.3 Å². The fourth-order valence-electron chi connectivity index (χ4n) is 6.05.